The maximum absolute atomic E-state index is 12.8. The molecule has 2 heterocycles. The number of amides is 1. The Morgan fingerprint density at radius 3 is 2.63 bits per heavy atom. The molecule has 2 aromatic carbocycles. The van der Waals surface area contributed by atoms with E-state index in [0.717, 1.165) is 17.8 Å². The van der Waals surface area contributed by atoms with Crippen molar-refractivity contribution in [3.05, 3.63) is 73.6 Å². The lowest BCUT2D eigenvalue weighted by Gasteiger charge is -2.30. The van der Waals surface area contributed by atoms with Crippen molar-refractivity contribution in [2.24, 2.45) is 0 Å². The van der Waals surface area contributed by atoms with E-state index in [1.165, 1.54) is 37.7 Å². The largest absolute Gasteiger partial charge is 0.493 e. The fourth-order valence-electron chi connectivity index (χ4n) is 4.09. The summed E-state index contributed by atoms with van der Waals surface area (Å²) in [5, 5.41) is 14.5. The number of carbonyl (C=O) groups excluding carboxylic acids is 1. The lowest BCUT2D eigenvalue weighted by molar-refractivity contribution is -0.384. The van der Waals surface area contributed by atoms with E-state index < -0.39 is 0 Å². The zero-order valence-electron chi connectivity index (χ0n) is 19.3. The highest BCUT2D eigenvalue weighted by molar-refractivity contribution is 7.10. The topological polar surface area (TPSA) is 94.8 Å². The summed E-state index contributed by atoms with van der Waals surface area (Å²) in [6.45, 7) is 1.21. The van der Waals surface area contributed by atoms with E-state index in [9.17, 15) is 14.9 Å². The van der Waals surface area contributed by atoms with Crippen LogP contribution in [0.2, 0.25) is 5.02 Å². The molecule has 182 valence electrons. The number of hydrogen-bond acceptors (Lipinski definition) is 7. The fraction of sp³-hybridized carbons (Fsp3) is 0.280. The van der Waals surface area contributed by atoms with Gasteiger partial charge >= 0.3 is 0 Å². The molecule has 1 aliphatic rings. The molecule has 0 atom stereocenters. The van der Waals surface area contributed by atoms with Crippen LogP contribution in [0.15, 0.2) is 47.9 Å². The van der Waals surface area contributed by atoms with E-state index in [1.807, 2.05) is 5.38 Å². The van der Waals surface area contributed by atoms with Crippen molar-refractivity contribution in [3.63, 3.8) is 0 Å². The molecule has 0 unspecified atom stereocenters. The zero-order valence-corrected chi connectivity index (χ0v) is 20.8. The Balaban J connectivity index is 1.39. The molecule has 10 heteroatoms. The Morgan fingerprint density at radius 1 is 1.20 bits per heavy atom. The SMILES string of the molecule is COc1ccc(C=CC(=O)N2CCC(c3nc(-c4ccccc4[N+](=O)[O-])cs3)CC2)c(Cl)c1OC. The Morgan fingerprint density at radius 2 is 1.94 bits per heavy atom. The standard InChI is InChI=1S/C25H24ClN3O5S/c1-33-21-9-7-16(23(26)24(21)34-2)8-10-22(30)28-13-11-17(12-14-28)25-27-19(15-35-25)18-5-3-4-6-20(18)29(31)32/h3-10,15,17H,11-14H2,1-2H3. The van der Waals surface area contributed by atoms with Crippen molar-refractivity contribution in [1.29, 1.82) is 0 Å². The number of nitro benzene ring substituents is 1. The minimum Gasteiger partial charge on any atom is -0.493 e. The number of nitrogens with zero attached hydrogens (tertiary/aromatic N) is 3. The number of para-hydroxylation sites is 1. The third-order valence-electron chi connectivity index (χ3n) is 5.97. The third-order valence-corrected chi connectivity index (χ3v) is 7.37. The first kappa shape index (κ1) is 24.7. The molecule has 0 saturated carbocycles. The van der Waals surface area contributed by atoms with Crippen LogP contribution in [0.1, 0.15) is 29.3 Å². The molecule has 4 rings (SSSR count). The number of piperidine rings is 1. The van der Waals surface area contributed by atoms with Crippen LogP contribution in [0.3, 0.4) is 0 Å². The van der Waals surface area contributed by atoms with E-state index in [0.29, 0.717) is 46.4 Å². The van der Waals surface area contributed by atoms with Crippen LogP contribution in [0, 0.1) is 10.1 Å². The molecule has 0 bridgehead atoms. The van der Waals surface area contributed by atoms with Crippen molar-refractivity contribution in [3.8, 4) is 22.8 Å². The van der Waals surface area contributed by atoms with Crippen molar-refractivity contribution in [2.45, 2.75) is 18.8 Å². The minimum absolute atomic E-state index is 0.0473. The van der Waals surface area contributed by atoms with Gasteiger partial charge in [0.05, 0.1) is 40.4 Å². The van der Waals surface area contributed by atoms with Gasteiger partial charge in [-0.2, -0.15) is 0 Å². The highest BCUT2D eigenvalue weighted by Crippen LogP contribution is 2.38. The van der Waals surface area contributed by atoms with E-state index in [4.69, 9.17) is 26.1 Å². The molecule has 3 aromatic rings. The van der Waals surface area contributed by atoms with Gasteiger partial charge in [-0.15, -0.1) is 11.3 Å². The number of likely N-dealkylation sites (tertiary alicyclic amines) is 1. The van der Waals surface area contributed by atoms with Crippen LogP contribution in [-0.4, -0.2) is 48.0 Å². The van der Waals surface area contributed by atoms with Crippen LogP contribution in [0.5, 0.6) is 11.5 Å². The molecule has 1 amide bonds. The van der Waals surface area contributed by atoms with Gasteiger partial charge < -0.3 is 14.4 Å². The summed E-state index contributed by atoms with van der Waals surface area (Å²) < 4.78 is 10.5. The number of halogens is 1. The first-order valence-corrected chi connectivity index (χ1v) is 12.2. The maximum atomic E-state index is 12.8. The minimum atomic E-state index is -0.388. The van der Waals surface area contributed by atoms with Gasteiger partial charge in [-0.25, -0.2) is 4.98 Å². The summed E-state index contributed by atoms with van der Waals surface area (Å²) in [5.41, 5.74) is 1.85. The molecule has 0 N–H and O–H groups in total. The van der Waals surface area contributed by atoms with E-state index in [2.05, 4.69) is 0 Å². The number of ether oxygens (including phenoxy) is 2. The number of rotatable bonds is 7. The first-order chi connectivity index (χ1) is 16.9. The third kappa shape index (κ3) is 5.31. The number of nitro groups is 1. The molecule has 35 heavy (non-hydrogen) atoms. The van der Waals surface area contributed by atoms with Crippen LogP contribution in [0.25, 0.3) is 17.3 Å². The van der Waals surface area contributed by atoms with Crippen molar-refractivity contribution < 1.29 is 19.2 Å². The van der Waals surface area contributed by atoms with Gasteiger partial charge in [0.25, 0.3) is 5.69 Å². The summed E-state index contributed by atoms with van der Waals surface area (Å²) in [6.07, 6.45) is 4.75. The molecule has 1 fully saturated rings. The Hall–Kier alpha value is -3.43. The van der Waals surface area contributed by atoms with E-state index >= 15 is 0 Å². The predicted octanol–water partition coefficient (Wildman–Crippen LogP) is 5.81. The normalized spacial score (nSPS) is 14.3. The summed E-state index contributed by atoms with van der Waals surface area (Å²) in [4.78, 5) is 30.2. The lowest BCUT2D eigenvalue weighted by atomic mass is 9.97. The van der Waals surface area contributed by atoms with Crippen molar-refractivity contribution in [1.82, 2.24) is 9.88 Å². The Labute approximate surface area is 211 Å². The highest BCUT2D eigenvalue weighted by Gasteiger charge is 2.26. The van der Waals surface area contributed by atoms with Crippen LogP contribution in [-0.2, 0) is 4.79 Å². The van der Waals surface area contributed by atoms with Gasteiger partial charge in [-0.3, -0.25) is 14.9 Å². The smallest absolute Gasteiger partial charge is 0.278 e. The summed E-state index contributed by atoms with van der Waals surface area (Å²) in [5.74, 6) is 1.07. The average Bonchev–Trinajstić information content (AvgIpc) is 3.38. The van der Waals surface area contributed by atoms with Gasteiger partial charge in [0.15, 0.2) is 11.5 Å². The van der Waals surface area contributed by atoms with Gasteiger partial charge in [-0.1, -0.05) is 23.7 Å². The summed E-state index contributed by atoms with van der Waals surface area (Å²) in [7, 11) is 3.05. The number of benzene rings is 2. The Kier molecular flexibility index (Phi) is 7.67. The predicted molar refractivity (Wildman–Crippen MR) is 136 cm³/mol. The molecule has 0 aliphatic carbocycles. The molecule has 1 aliphatic heterocycles. The molecule has 0 spiro atoms. The second-order valence-corrected chi connectivity index (χ2v) is 9.25. The molecule has 1 aromatic heterocycles. The summed E-state index contributed by atoms with van der Waals surface area (Å²) in [6, 6.07) is 10.1. The van der Waals surface area contributed by atoms with Crippen LogP contribution in [0.4, 0.5) is 5.69 Å². The van der Waals surface area contributed by atoms with Crippen molar-refractivity contribution in [2.75, 3.05) is 27.3 Å². The second kappa shape index (κ2) is 10.9. The van der Waals surface area contributed by atoms with Crippen LogP contribution < -0.4 is 9.47 Å². The monoisotopic (exact) mass is 513 g/mol. The van der Waals surface area contributed by atoms with Crippen LogP contribution >= 0.6 is 22.9 Å². The number of hydrogen-bond donors (Lipinski definition) is 0. The van der Waals surface area contributed by atoms with E-state index in [1.54, 1.807) is 41.3 Å². The molecular formula is C25H24ClN3O5S. The molecule has 1 saturated heterocycles. The zero-order chi connectivity index (χ0) is 24.9. The molecule has 8 nitrogen and oxygen atoms in total. The summed E-state index contributed by atoms with van der Waals surface area (Å²) >= 11 is 7.91. The molecular weight excluding hydrogens is 490 g/mol. The van der Waals surface area contributed by atoms with Gasteiger partial charge in [0, 0.05) is 36.5 Å². The quantitative estimate of drug-likeness (QED) is 0.225. The number of methoxy groups -OCH3 is 2. The fourth-order valence-corrected chi connectivity index (χ4v) is 5.38. The first-order valence-electron chi connectivity index (χ1n) is 11.0. The van der Waals surface area contributed by atoms with Crippen molar-refractivity contribution >= 4 is 40.6 Å². The lowest BCUT2D eigenvalue weighted by Crippen LogP contribution is -2.36. The maximum Gasteiger partial charge on any atom is 0.278 e. The number of thiazole rings is 1. The van der Waals surface area contributed by atoms with Gasteiger partial charge in [0.1, 0.15) is 0 Å². The Bertz CT molecular complexity index is 1270. The van der Waals surface area contributed by atoms with E-state index in [-0.39, 0.29) is 22.4 Å². The van der Waals surface area contributed by atoms with Gasteiger partial charge in [0.2, 0.25) is 5.91 Å². The highest BCUT2D eigenvalue weighted by atomic mass is 35.5. The molecule has 0 radical (unpaired) electrons. The number of aromatic nitrogens is 1. The van der Waals surface area contributed by atoms with Gasteiger partial charge in [-0.05, 0) is 42.7 Å². The second-order valence-electron chi connectivity index (χ2n) is 7.98. The average molecular weight is 514 g/mol. The number of carbonyl (C=O) groups is 1.